The van der Waals surface area contributed by atoms with Crippen LogP contribution in [0.5, 0.6) is 0 Å². The fourth-order valence-corrected chi connectivity index (χ4v) is 5.10. The van der Waals surface area contributed by atoms with Gasteiger partial charge in [-0.3, -0.25) is 4.90 Å². The van der Waals surface area contributed by atoms with Crippen molar-refractivity contribution in [3.05, 3.63) is 20.8 Å². The molecule has 21 heavy (non-hydrogen) atoms. The second kappa shape index (κ2) is 8.09. The van der Waals surface area contributed by atoms with Crippen LogP contribution < -0.4 is 5.73 Å². The van der Waals surface area contributed by atoms with Gasteiger partial charge in [0.05, 0.1) is 9.83 Å². The predicted octanol–water partition coefficient (Wildman–Crippen LogP) is 5.19. The topological polar surface area (TPSA) is 29.3 Å². The molecule has 0 saturated heterocycles. The average Bonchev–Trinajstić information content (AvgIpc) is 3.09. The first kappa shape index (κ1) is 17.5. The fourth-order valence-electron chi connectivity index (χ4n) is 3.48. The van der Waals surface area contributed by atoms with Gasteiger partial charge >= 0.3 is 0 Å². The molecule has 1 saturated carbocycles. The number of hydrogen-bond acceptors (Lipinski definition) is 3. The van der Waals surface area contributed by atoms with Gasteiger partial charge in [-0.2, -0.15) is 0 Å². The lowest BCUT2D eigenvalue weighted by Crippen LogP contribution is -2.46. The van der Waals surface area contributed by atoms with Crippen LogP contribution in [0.2, 0.25) is 0 Å². The molecule has 120 valence electrons. The Kier molecular flexibility index (Phi) is 6.73. The van der Waals surface area contributed by atoms with Crippen LogP contribution in [0.1, 0.15) is 63.8 Å². The molecular formula is C17H29BrN2S. The van der Waals surface area contributed by atoms with Crippen molar-refractivity contribution < 1.29 is 0 Å². The minimum Gasteiger partial charge on any atom is -0.326 e. The van der Waals surface area contributed by atoms with Crippen LogP contribution in [0, 0.1) is 5.92 Å². The molecule has 2 N–H and O–H groups in total. The van der Waals surface area contributed by atoms with Crippen molar-refractivity contribution in [3.8, 4) is 0 Å². The maximum Gasteiger partial charge on any atom is 0.0702 e. The van der Waals surface area contributed by atoms with E-state index in [0.717, 1.165) is 19.0 Å². The van der Waals surface area contributed by atoms with Gasteiger partial charge in [0.15, 0.2) is 0 Å². The van der Waals surface area contributed by atoms with Gasteiger partial charge in [0.1, 0.15) is 0 Å². The van der Waals surface area contributed by atoms with E-state index in [2.05, 4.69) is 53.7 Å². The molecule has 1 fully saturated rings. The van der Waals surface area contributed by atoms with Crippen molar-refractivity contribution in [3.63, 3.8) is 0 Å². The van der Waals surface area contributed by atoms with Crippen molar-refractivity contribution in [1.29, 1.82) is 0 Å². The summed E-state index contributed by atoms with van der Waals surface area (Å²) in [5, 5.41) is 0. The first-order chi connectivity index (χ1) is 10.0. The third kappa shape index (κ3) is 4.54. The predicted molar refractivity (Wildman–Crippen MR) is 96.8 cm³/mol. The van der Waals surface area contributed by atoms with E-state index in [-0.39, 0.29) is 6.04 Å². The van der Waals surface area contributed by atoms with Gasteiger partial charge < -0.3 is 5.73 Å². The highest BCUT2D eigenvalue weighted by Gasteiger charge is 2.33. The van der Waals surface area contributed by atoms with Crippen LogP contribution in [-0.2, 0) is 0 Å². The number of thiophene rings is 1. The molecular weight excluding hydrogens is 344 g/mol. The van der Waals surface area contributed by atoms with E-state index in [1.165, 1.54) is 34.3 Å². The zero-order valence-corrected chi connectivity index (χ0v) is 15.9. The second-order valence-electron chi connectivity index (χ2n) is 6.69. The summed E-state index contributed by atoms with van der Waals surface area (Å²) in [6, 6.07) is 5.73. The Morgan fingerprint density at radius 1 is 1.33 bits per heavy atom. The second-order valence-corrected chi connectivity index (χ2v) is 9.18. The maximum absolute atomic E-state index is 6.55. The van der Waals surface area contributed by atoms with E-state index in [0.29, 0.717) is 12.0 Å². The molecule has 0 bridgehead atoms. The summed E-state index contributed by atoms with van der Waals surface area (Å²) in [5.41, 5.74) is 6.55. The van der Waals surface area contributed by atoms with Gasteiger partial charge in [-0.15, -0.1) is 11.3 Å². The highest BCUT2D eigenvalue weighted by atomic mass is 79.9. The molecule has 1 aliphatic carbocycles. The SMILES string of the molecule is CCC(N)C(c1ccc(Br)s1)N(CC(C)C)C1CCCC1. The fraction of sp³-hybridized carbons (Fsp3) is 0.765. The standard InChI is InChI=1S/C17H29BrN2S/c1-4-14(19)17(15-9-10-16(18)21-15)20(11-12(2)3)13-7-5-6-8-13/h9-10,12-14,17H,4-8,11,19H2,1-3H3. The van der Waals surface area contributed by atoms with Crippen LogP contribution in [0.3, 0.4) is 0 Å². The molecule has 0 aliphatic heterocycles. The van der Waals surface area contributed by atoms with Gasteiger partial charge in [-0.1, -0.05) is 33.6 Å². The minimum absolute atomic E-state index is 0.217. The normalized spacial score (nSPS) is 19.6. The first-order valence-electron chi connectivity index (χ1n) is 8.29. The monoisotopic (exact) mass is 372 g/mol. The molecule has 1 aromatic heterocycles. The summed E-state index contributed by atoms with van der Waals surface area (Å²) < 4.78 is 1.21. The van der Waals surface area contributed by atoms with E-state index >= 15 is 0 Å². The zero-order valence-electron chi connectivity index (χ0n) is 13.5. The first-order valence-corrected chi connectivity index (χ1v) is 9.90. The molecule has 1 aliphatic rings. The maximum atomic E-state index is 6.55. The Hall–Kier alpha value is 0.1000. The molecule has 0 amide bonds. The van der Waals surface area contributed by atoms with Crippen molar-refractivity contribution in [2.75, 3.05) is 6.54 Å². The highest BCUT2D eigenvalue weighted by Crippen LogP contribution is 2.38. The van der Waals surface area contributed by atoms with Crippen molar-refractivity contribution in [1.82, 2.24) is 4.90 Å². The average molecular weight is 373 g/mol. The lowest BCUT2D eigenvalue weighted by atomic mass is 9.98. The molecule has 2 rings (SSSR count). The molecule has 2 unspecified atom stereocenters. The Morgan fingerprint density at radius 2 is 2.00 bits per heavy atom. The highest BCUT2D eigenvalue weighted by molar-refractivity contribution is 9.11. The molecule has 0 radical (unpaired) electrons. The lowest BCUT2D eigenvalue weighted by Gasteiger charge is -2.40. The number of halogens is 1. The summed E-state index contributed by atoms with van der Waals surface area (Å²) >= 11 is 5.46. The van der Waals surface area contributed by atoms with Crippen LogP contribution in [0.25, 0.3) is 0 Å². The Bertz CT molecular complexity index is 426. The minimum atomic E-state index is 0.217. The summed E-state index contributed by atoms with van der Waals surface area (Å²) in [6.07, 6.45) is 6.46. The third-order valence-electron chi connectivity index (χ3n) is 4.49. The quantitative estimate of drug-likeness (QED) is 0.713. The summed E-state index contributed by atoms with van der Waals surface area (Å²) in [5.74, 6) is 0.681. The van der Waals surface area contributed by atoms with Gasteiger partial charge in [0, 0.05) is 23.5 Å². The van der Waals surface area contributed by atoms with Gasteiger partial charge in [0.25, 0.3) is 0 Å². The van der Waals surface area contributed by atoms with Crippen LogP contribution in [-0.4, -0.2) is 23.5 Å². The molecule has 0 aromatic carbocycles. The van der Waals surface area contributed by atoms with Crippen LogP contribution >= 0.6 is 27.3 Å². The number of rotatable bonds is 7. The van der Waals surface area contributed by atoms with Gasteiger partial charge in [-0.05, 0) is 53.2 Å². The Morgan fingerprint density at radius 3 is 2.48 bits per heavy atom. The Balaban J connectivity index is 2.29. The largest absolute Gasteiger partial charge is 0.326 e. The van der Waals surface area contributed by atoms with E-state index in [1.54, 1.807) is 0 Å². The zero-order chi connectivity index (χ0) is 15.4. The number of nitrogens with zero attached hydrogens (tertiary/aromatic N) is 1. The van der Waals surface area contributed by atoms with E-state index in [9.17, 15) is 0 Å². The smallest absolute Gasteiger partial charge is 0.0702 e. The molecule has 1 heterocycles. The summed E-state index contributed by atoms with van der Waals surface area (Å²) in [6.45, 7) is 8.00. The molecule has 2 nitrogen and oxygen atoms in total. The number of nitrogens with two attached hydrogens (primary N) is 1. The van der Waals surface area contributed by atoms with E-state index < -0.39 is 0 Å². The molecule has 4 heteroatoms. The lowest BCUT2D eigenvalue weighted by molar-refractivity contribution is 0.101. The van der Waals surface area contributed by atoms with Crippen molar-refractivity contribution in [2.45, 2.75) is 71.0 Å². The van der Waals surface area contributed by atoms with Crippen molar-refractivity contribution >= 4 is 27.3 Å². The van der Waals surface area contributed by atoms with Crippen molar-refractivity contribution in [2.24, 2.45) is 11.7 Å². The third-order valence-corrected chi connectivity index (χ3v) is 6.18. The van der Waals surface area contributed by atoms with E-state index in [1.807, 2.05) is 11.3 Å². The number of hydrogen-bond donors (Lipinski definition) is 1. The van der Waals surface area contributed by atoms with Crippen LogP contribution in [0.15, 0.2) is 15.9 Å². The van der Waals surface area contributed by atoms with E-state index in [4.69, 9.17) is 5.73 Å². The van der Waals surface area contributed by atoms with Crippen LogP contribution in [0.4, 0.5) is 0 Å². The molecule has 0 spiro atoms. The Labute approximate surface area is 142 Å². The van der Waals surface area contributed by atoms with Gasteiger partial charge in [0.2, 0.25) is 0 Å². The summed E-state index contributed by atoms with van der Waals surface area (Å²) in [4.78, 5) is 4.15. The molecule has 2 atom stereocenters. The molecule has 1 aromatic rings. The summed E-state index contributed by atoms with van der Waals surface area (Å²) in [7, 11) is 0. The van der Waals surface area contributed by atoms with Gasteiger partial charge in [-0.25, -0.2) is 0 Å².